The van der Waals surface area contributed by atoms with Crippen molar-refractivity contribution < 1.29 is 14.3 Å². The van der Waals surface area contributed by atoms with Crippen LogP contribution in [0.5, 0.6) is 0 Å². The Balaban J connectivity index is 0. The van der Waals surface area contributed by atoms with Gasteiger partial charge in [-0.2, -0.15) is 0 Å². The number of rotatable bonds is 18. The van der Waals surface area contributed by atoms with Gasteiger partial charge in [-0.15, -0.1) is 5.92 Å². The Hall–Kier alpha value is -0.430. The summed E-state index contributed by atoms with van der Waals surface area (Å²) < 4.78 is 11.0. The van der Waals surface area contributed by atoms with E-state index in [0.29, 0.717) is 50.7 Å². The van der Waals surface area contributed by atoms with Crippen LogP contribution in [-0.2, 0) is 14.3 Å². The second kappa shape index (κ2) is 26.6. The number of amides is 1. The summed E-state index contributed by atoms with van der Waals surface area (Å²) in [6, 6.07) is 0. The lowest BCUT2D eigenvalue weighted by atomic mass is 10.2. The number of hydrogen-bond acceptors (Lipinski definition) is 7. The molecule has 0 saturated carbocycles. The van der Waals surface area contributed by atoms with Gasteiger partial charge >= 0.3 is 0 Å². The molecule has 6 nitrogen and oxygen atoms in total. The third kappa shape index (κ3) is 23.8. The van der Waals surface area contributed by atoms with Crippen LogP contribution in [0.2, 0.25) is 0 Å². The summed E-state index contributed by atoms with van der Waals surface area (Å²) in [6.07, 6.45) is 1.16. The lowest BCUT2D eigenvalue weighted by Crippen LogP contribution is -2.33. The highest BCUT2D eigenvalue weighted by molar-refractivity contribution is 8.76. The van der Waals surface area contributed by atoms with E-state index < -0.39 is 0 Å². The lowest BCUT2D eigenvalue weighted by molar-refractivity contribution is -0.122. The molecule has 8 heteroatoms. The second-order valence-corrected chi connectivity index (χ2v) is 8.98. The third-order valence-electron chi connectivity index (χ3n) is 3.50. The normalized spacial score (nSPS) is 11.3. The molecular weight excluding hydrogens is 418 g/mol. The summed E-state index contributed by atoms with van der Waals surface area (Å²) in [5.41, 5.74) is 0. The van der Waals surface area contributed by atoms with Crippen LogP contribution in [0.1, 0.15) is 54.4 Å². The highest BCUT2D eigenvalue weighted by Crippen LogP contribution is 2.29. The molecule has 0 aliphatic rings. The Morgan fingerprint density at radius 2 is 1.70 bits per heavy atom. The third-order valence-corrected chi connectivity index (χ3v) is 6.46. The van der Waals surface area contributed by atoms with Crippen molar-refractivity contribution in [3.8, 4) is 11.8 Å². The highest BCUT2D eigenvalue weighted by atomic mass is 33.1. The van der Waals surface area contributed by atoms with Crippen molar-refractivity contribution in [3.63, 3.8) is 0 Å². The molecule has 0 aliphatic carbocycles. The first-order valence-corrected chi connectivity index (χ1v) is 13.6. The Bertz CT molecular complexity index is 430. The summed E-state index contributed by atoms with van der Waals surface area (Å²) in [5, 5.41) is 10.0. The minimum absolute atomic E-state index is 0.0314. The van der Waals surface area contributed by atoms with Gasteiger partial charge in [0.15, 0.2) is 0 Å². The van der Waals surface area contributed by atoms with Crippen molar-refractivity contribution in [2.45, 2.75) is 59.8 Å². The van der Waals surface area contributed by atoms with Crippen LogP contribution in [0, 0.1) is 17.8 Å². The maximum atomic E-state index is 11.5. The van der Waals surface area contributed by atoms with E-state index in [1.807, 2.05) is 42.4 Å². The molecule has 0 saturated heterocycles. The molecule has 1 amide bonds. The first-order chi connectivity index (χ1) is 14.6. The van der Waals surface area contributed by atoms with E-state index in [9.17, 15) is 4.79 Å². The van der Waals surface area contributed by atoms with E-state index in [-0.39, 0.29) is 5.91 Å². The number of nitrogens with one attached hydrogen (secondary N) is 3. The topological polar surface area (TPSA) is 71.6 Å². The molecule has 3 N–H and O–H groups in total. The summed E-state index contributed by atoms with van der Waals surface area (Å²) in [7, 11) is 3.81. The fourth-order valence-electron chi connectivity index (χ4n) is 1.97. The molecule has 0 aromatic heterocycles. The molecule has 0 bridgehead atoms. The van der Waals surface area contributed by atoms with E-state index in [2.05, 4.69) is 48.6 Å². The minimum atomic E-state index is -0.0314. The van der Waals surface area contributed by atoms with Gasteiger partial charge in [0.05, 0.1) is 38.3 Å². The monoisotopic (exact) mass is 463 g/mol. The average Bonchev–Trinajstić information content (AvgIpc) is 2.75. The van der Waals surface area contributed by atoms with Crippen molar-refractivity contribution in [1.82, 2.24) is 16.0 Å². The number of hydrogen-bond donors (Lipinski definition) is 3. The molecule has 178 valence electrons. The number of carbonyl (C=O) groups is 1. The first kappa shape index (κ1) is 31.8. The van der Waals surface area contributed by atoms with Crippen molar-refractivity contribution >= 4 is 27.5 Å². The van der Waals surface area contributed by atoms with Crippen molar-refractivity contribution in [2.75, 3.05) is 58.4 Å². The summed E-state index contributed by atoms with van der Waals surface area (Å²) in [5.74, 6) is 7.44. The Labute approximate surface area is 193 Å². The van der Waals surface area contributed by atoms with E-state index in [1.54, 1.807) is 0 Å². The molecule has 0 radical (unpaired) electrons. The summed E-state index contributed by atoms with van der Waals surface area (Å²) >= 11 is 0. The van der Waals surface area contributed by atoms with E-state index >= 15 is 0 Å². The SMILES string of the molecule is CC.CCC#CCNC(=O)CCOCCOCCNC(SSCCNCC)C(C)C. The zero-order chi connectivity index (χ0) is 22.9. The van der Waals surface area contributed by atoms with Crippen molar-refractivity contribution in [2.24, 2.45) is 5.92 Å². The molecule has 0 fully saturated rings. The van der Waals surface area contributed by atoms with Gasteiger partial charge < -0.3 is 25.4 Å². The molecule has 0 heterocycles. The van der Waals surface area contributed by atoms with E-state index in [1.165, 1.54) is 0 Å². The Morgan fingerprint density at radius 3 is 2.33 bits per heavy atom. The molecular formula is C22H45N3O3S2. The predicted molar refractivity (Wildman–Crippen MR) is 134 cm³/mol. The zero-order valence-corrected chi connectivity index (χ0v) is 21.6. The maximum absolute atomic E-state index is 11.5. The smallest absolute Gasteiger partial charge is 0.223 e. The van der Waals surface area contributed by atoms with Gasteiger partial charge in [0.1, 0.15) is 0 Å². The maximum Gasteiger partial charge on any atom is 0.223 e. The van der Waals surface area contributed by atoms with Gasteiger partial charge in [0.25, 0.3) is 0 Å². The van der Waals surface area contributed by atoms with Gasteiger partial charge in [-0.1, -0.05) is 69.1 Å². The standard InChI is InChI=1S/C20H39N3O3S2.C2H6/c1-5-7-8-10-22-19(24)9-13-25-15-16-26-14-11-23-20(18(3)4)28-27-17-12-21-6-2;1-2/h18,20-21,23H,5-6,9-17H2,1-4H3,(H,22,24);1-2H3. The number of carbonyl (C=O) groups excluding carboxylic acids is 1. The fourth-order valence-corrected chi connectivity index (χ4v) is 4.70. The van der Waals surface area contributed by atoms with Crippen LogP contribution in [0.25, 0.3) is 0 Å². The van der Waals surface area contributed by atoms with Gasteiger partial charge in [-0.25, -0.2) is 0 Å². The highest BCUT2D eigenvalue weighted by Gasteiger charge is 2.13. The molecule has 0 spiro atoms. The van der Waals surface area contributed by atoms with Gasteiger partial charge in [-0.3, -0.25) is 4.79 Å². The molecule has 0 aromatic carbocycles. The summed E-state index contributed by atoms with van der Waals surface area (Å²) in [4.78, 5) is 11.5. The summed E-state index contributed by atoms with van der Waals surface area (Å²) in [6.45, 7) is 18.0. The molecule has 30 heavy (non-hydrogen) atoms. The van der Waals surface area contributed by atoms with Gasteiger partial charge in [0, 0.05) is 31.7 Å². The van der Waals surface area contributed by atoms with Crippen LogP contribution in [0.3, 0.4) is 0 Å². The van der Waals surface area contributed by atoms with E-state index in [4.69, 9.17) is 9.47 Å². The fraction of sp³-hybridized carbons (Fsp3) is 0.864. The molecule has 1 atom stereocenters. The van der Waals surface area contributed by atoms with Crippen LogP contribution >= 0.6 is 21.6 Å². The zero-order valence-electron chi connectivity index (χ0n) is 20.0. The largest absolute Gasteiger partial charge is 0.379 e. The minimum Gasteiger partial charge on any atom is -0.379 e. The molecule has 1 unspecified atom stereocenters. The van der Waals surface area contributed by atoms with Gasteiger partial charge in [-0.05, 0) is 12.5 Å². The molecule has 0 aromatic rings. The first-order valence-electron chi connectivity index (χ1n) is 11.2. The quantitative estimate of drug-likeness (QED) is 0.124. The molecule has 0 rings (SSSR count). The van der Waals surface area contributed by atoms with Crippen LogP contribution in [-0.4, -0.2) is 69.6 Å². The number of ether oxygens (including phenoxy) is 2. The van der Waals surface area contributed by atoms with Crippen molar-refractivity contribution in [3.05, 3.63) is 0 Å². The second-order valence-electron chi connectivity index (χ2n) is 6.35. The van der Waals surface area contributed by atoms with Gasteiger partial charge in [0.2, 0.25) is 5.91 Å². The van der Waals surface area contributed by atoms with Crippen LogP contribution in [0.4, 0.5) is 0 Å². The molecule has 0 aliphatic heterocycles. The predicted octanol–water partition coefficient (Wildman–Crippen LogP) is 3.53. The Kier molecular flexibility index (Phi) is 28.2. The van der Waals surface area contributed by atoms with Crippen LogP contribution < -0.4 is 16.0 Å². The lowest BCUT2D eigenvalue weighted by Gasteiger charge is -2.21. The van der Waals surface area contributed by atoms with E-state index in [0.717, 1.165) is 31.8 Å². The van der Waals surface area contributed by atoms with Crippen LogP contribution in [0.15, 0.2) is 0 Å². The van der Waals surface area contributed by atoms with Crippen molar-refractivity contribution in [1.29, 1.82) is 0 Å². The Morgan fingerprint density at radius 1 is 1.00 bits per heavy atom. The average molecular weight is 464 g/mol.